The number of carbonyl (C=O) groups excluding carboxylic acids is 1. The summed E-state index contributed by atoms with van der Waals surface area (Å²) in [7, 11) is 0. The van der Waals surface area contributed by atoms with Crippen molar-refractivity contribution in [3.05, 3.63) is 29.8 Å². The Labute approximate surface area is 149 Å². The van der Waals surface area contributed by atoms with Crippen LogP contribution in [0.1, 0.15) is 18.4 Å². The number of aryl methyl sites for hydroxylation is 1. The molecule has 0 spiro atoms. The number of nitrogens with zero attached hydrogens (tertiary/aromatic N) is 2. The largest absolute Gasteiger partial charge is 0.491 e. The highest BCUT2D eigenvalue weighted by Gasteiger charge is 2.30. The normalized spacial score (nSPS) is 22.8. The Balaban J connectivity index is 1.36. The van der Waals surface area contributed by atoms with Crippen molar-refractivity contribution in [3.63, 3.8) is 0 Å². The zero-order valence-corrected chi connectivity index (χ0v) is 14.9. The molecule has 1 amide bonds. The van der Waals surface area contributed by atoms with E-state index in [-0.39, 0.29) is 18.6 Å². The zero-order chi connectivity index (χ0) is 17.6. The molecule has 0 aliphatic carbocycles. The molecule has 25 heavy (non-hydrogen) atoms. The highest BCUT2D eigenvalue weighted by molar-refractivity contribution is 5.81. The summed E-state index contributed by atoms with van der Waals surface area (Å²) in [4.78, 5) is 16.4. The molecule has 6 heteroatoms. The van der Waals surface area contributed by atoms with Gasteiger partial charge in [-0.15, -0.1) is 0 Å². The number of aliphatic hydroxyl groups excluding tert-OH is 1. The maximum Gasteiger partial charge on any atom is 0.251 e. The van der Waals surface area contributed by atoms with Crippen molar-refractivity contribution >= 4 is 5.91 Å². The number of hydrogen-bond acceptors (Lipinski definition) is 5. The molecule has 2 unspecified atom stereocenters. The molecular formula is C19H28N2O4. The topological polar surface area (TPSA) is 62.2 Å². The molecule has 2 saturated heterocycles. The van der Waals surface area contributed by atoms with Crippen molar-refractivity contribution in [1.82, 2.24) is 9.80 Å². The molecule has 138 valence electrons. The average molecular weight is 348 g/mol. The Morgan fingerprint density at radius 1 is 1.28 bits per heavy atom. The number of aliphatic hydroxyl groups is 1. The lowest BCUT2D eigenvalue weighted by Crippen LogP contribution is -2.53. The van der Waals surface area contributed by atoms with Gasteiger partial charge in [0.1, 0.15) is 24.6 Å². The first-order chi connectivity index (χ1) is 12.1. The maximum atomic E-state index is 12.3. The fourth-order valence-corrected chi connectivity index (χ4v) is 3.30. The minimum Gasteiger partial charge on any atom is -0.491 e. The van der Waals surface area contributed by atoms with Crippen LogP contribution >= 0.6 is 0 Å². The minimum absolute atomic E-state index is 0.125. The summed E-state index contributed by atoms with van der Waals surface area (Å²) in [6.45, 7) is 6.52. The lowest BCUT2D eigenvalue weighted by atomic mass is 10.2. The minimum atomic E-state index is -0.540. The number of amides is 1. The molecule has 0 saturated carbocycles. The predicted octanol–water partition coefficient (Wildman–Crippen LogP) is 1.06. The van der Waals surface area contributed by atoms with Crippen molar-refractivity contribution in [3.8, 4) is 5.75 Å². The Morgan fingerprint density at radius 3 is 2.64 bits per heavy atom. The first-order valence-corrected chi connectivity index (χ1v) is 9.12. The van der Waals surface area contributed by atoms with Gasteiger partial charge in [0.15, 0.2) is 0 Å². The maximum absolute atomic E-state index is 12.3. The van der Waals surface area contributed by atoms with E-state index in [0.717, 1.165) is 31.7 Å². The number of hydrogen-bond donors (Lipinski definition) is 1. The molecule has 2 heterocycles. The van der Waals surface area contributed by atoms with E-state index in [1.165, 1.54) is 5.56 Å². The van der Waals surface area contributed by atoms with Crippen molar-refractivity contribution in [2.24, 2.45) is 0 Å². The lowest BCUT2D eigenvalue weighted by Gasteiger charge is -2.36. The van der Waals surface area contributed by atoms with Crippen LogP contribution in [0.25, 0.3) is 0 Å². The molecule has 0 radical (unpaired) electrons. The third kappa shape index (κ3) is 5.17. The third-order valence-corrected chi connectivity index (χ3v) is 4.82. The van der Waals surface area contributed by atoms with Crippen molar-refractivity contribution < 1.29 is 19.4 Å². The van der Waals surface area contributed by atoms with E-state index in [1.807, 2.05) is 36.1 Å². The van der Waals surface area contributed by atoms with Gasteiger partial charge >= 0.3 is 0 Å². The number of benzene rings is 1. The highest BCUT2D eigenvalue weighted by Crippen LogP contribution is 2.16. The Morgan fingerprint density at radius 2 is 2.00 bits per heavy atom. The number of ether oxygens (including phenoxy) is 2. The van der Waals surface area contributed by atoms with Gasteiger partial charge in [0.2, 0.25) is 0 Å². The second-order valence-electron chi connectivity index (χ2n) is 6.91. The number of rotatable bonds is 6. The second-order valence-corrected chi connectivity index (χ2v) is 6.91. The van der Waals surface area contributed by atoms with Crippen molar-refractivity contribution in [2.45, 2.75) is 32.0 Å². The van der Waals surface area contributed by atoms with Gasteiger partial charge in [0.25, 0.3) is 5.91 Å². The van der Waals surface area contributed by atoms with Gasteiger partial charge in [0.05, 0.1) is 0 Å². The Kier molecular flexibility index (Phi) is 6.29. The summed E-state index contributed by atoms with van der Waals surface area (Å²) in [5, 5.41) is 10.2. The van der Waals surface area contributed by atoms with Gasteiger partial charge in [-0.25, -0.2) is 0 Å². The van der Waals surface area contributed by atoms with Gasteiger partial charge in [-0.1, -0.05) is 17.7 Å². The molecule has 2 aliphatic rings. The molecule has 0 bridgehead atoms. The molecule has 1 aromatic rings. The first-order valence-electron chi connectivity index (χ1n) is 9.12. The lowest BCUT2D eigenvalue weighted by molar-refractivity contribution is -0.142. The quantitative estimate of drug-likeness (QED) is 0.833. The fraction of sp³-hybridized carbons (Fsp3) is 0.632. The summed E-state index contributed by atoms with van der Waals surface area (Å²) < 4.78 is 11.1. The summed E-state index contributed by atoms with van der Waals surface area (Å²) in [5.74, 6) is 0.900. The number of β-amino-alcohol motifs (C(OH)–C–C–N with tert-alkyl or cyclic N) is 1. The van der Waals surface area contributed by atoms with Crippen LogP contribution in [-0.4, -0.2) is 79.0 Å². The fourth-order valence-electron chi connectivity index (χ4n) is 3.30. The molecule has 2 fully saturated rings. The molecule has 0 aromatic heterocycles. The van der Waals surface area contributed by atoms with E-state index in [0.29, 0.717) is 26.2 Å². The van der Waals surface area contributed by atoms with E-state index in [9.17, 15) is 9.90 Å². The van der Waals surface area contributed by atoms with Gasteiger partial charge < -0.3 is 19.5 Å². The second kappa shape index (κ2) is 8.65. The van der Waals surface area contributed by atoms with Gasteiger partial charge in [0, 0.05) is 39.3 Å². The SMILES string of the molecule is Cc1ccc(OCC(O)CN2CCN(C(=O)C3CCCO3)CC2)cc1. The van der Waals surface area contributed by atoms with Crippen LogP contribution in [0.15, 0.2) is 24.3 Å². The summed E-state index contributed by atoms with van der Waals surface area (Å²) in [6, 6.07) is 7.81. The molecule has 1 aromatic carbocycles. The van der Waals surface area contributed by atoms with Crippen molar-refractivity contribution in [1.29, 1.82) is 0 Å². The van der Waals surface area contributed by atoms with E-state index < -0.39 is 6.10 Å². The molecule has 1 N–H and O–H groups in total. The molecule has 2 atom stereocenters. The Bertz CT molecular complexity index is 549. The van der Waals surface area contributed by atoms with Crippen LogP contribution in [0.4, 0.5) is 0 Å². The Hall–Kier alpha value is -1.63. The predicted molar refractivity (Wildman–Crippen MR) is 94.7 cm³/mol. The van der Waals surface area contributed by atoms with E-state index in [1.54, 1.807) is 0 Å². The number of piperazine rings is 1. The monoisotopic (exact) mass is 348 g/mol. The zero-order valence-electron chi connectivity index (χ0n) is 14.9. The van der Waals surface area contributed by atoms with Gasteiger partial charge in [-0.05, 0) is 31.9 Å². The van der Waals surface area contributed by atoms with Crippen LogP contribution in [0, 0.1) is 6.92 Å². The molecular weight excluding hydrogens is 320 g/mol. The smallest absolute Gasteiger partial charge is 0.251 e. The van der Waals surface area contributed by atoms with Crippen molar-refractivity contribution in [2.75, 3.05) is 45.9 Å². The number of carbonyl (C=O) groups is 1. The van der Waals surface area contributed by atoms with E-state index in [4.69, 9.17) is 9.47 Å². The summed E-state index contributed by atoms with van der Waals surface area (Å²) >= 11 is 0. The van der Waals surface area contributed by atoms with Crippen LogP contribution in [0.3, 0.4) is 0 Å². The summed E-state index contributed by atoms with van der Waals surface area (Å²) in [6.07, 6.45) is 1.04. The van der Waals surface area contributed by atoms with Crippen LogP contribution < -0.4 is 4.74 Å². The van der Waals surface area contributed by atoms with Crippen LogP contribution in [0.5, 0.6) is 5.75 Å². The highest BCUT2D eigenvalue weighted by atomic mass is 16.5. The van der Waals surface area contributed by atoms with E-state index >= 15 is 0 Å². The molecule has 2 aliphatic heterocycles. The average Bonchev–Trinajstić information content (AvgIpc) is 3.16. The first kappa shape index (κ1) is 18.2. The molecule has 6 nitrogen and oxygen atoms in total. The van der Waals surface area contributed by atoms with Gasteiger partial charge in [-0.2, -0.15) is 0 Å². The van der Waals surface area contributed by atoms with Crippen LogP contribution in [0.2, 0.25) is 0 Å². The third-order valence-electron chi connectivity index (χ3n) is 4.82. The van der Waals surface area contributed by atoms with Gasteiger partial charge in [-0.3, -0.25) is 9.69 Å². The van der Waals surface area contributed by atoms with E-state index in [2.05, 4.69) is 4.90 Å². The van der Waals surface area contributed by atoms with Crippen LogP contribution in [-0.2, 0) is 9.53 Å². The standard InChI is InChI=1S/C19H28N2O4/c1-15-4-6-17(7-5-15)25-14-16(22)13-20-8-10-21(11-9-20)19(23)18-3-2-12-24-18/h4-7,16,18,22H,2-3,8-14H2,1H3. The summed E-state index contributed by atoms with van der Waals surface area (Å²) in [5.41, 5.74) is 1.18. The molecule has 3 rings (SSSR count).